The lowest BCUT2D eigenvalue weighted by Crippen LogP contribution is -2.47. The van der Waals surface area contributed by atoms with Gasteiger partial charge in [-0.05, 0) is 30.7 Å². The topological polar surface area (TPSA) is 134 Å². The number of anilines is 1. The van der Waals surface area contributed by atoms with Crippen molar-refractivity contribution >= 4 is 61.6 Å². The number of hydrogen-bond acceptors (Lipinski definition) is 10. The Labute approximate surface area is 214 Å². The summed E-state index contributed by atoms with van der Waals surface area (Å²) in [4.78, 5) is 44.8. The SMILES string of the molecule is C[C@@H]1CNc2c(sc3ccc4nc(Oc5nc(Cl)ncc5CN5CCNCC5=O)cnc4c23)C(=O)N1. The highest BCUT2D eigenvalue weighted by Gasteiger charge is 2.26. The van der Waals surface area contributed by atoms with Crippen LogP contribution in [-0.4, -0.2) is 68.9 Å². The third kappa shape index (κ3) is 4.16. The molecule has 2 amide bonds. The number of ether oxygens (including phenoxy) is 1. The van der Waals surface area contributed by atoms with E-state index in [2.05, 4.69) is 35.9 Å². The van der Waals surface area contributed by atoms with Gasteiger partial charge in [0.25, 0.3) is 5.91 Å². The van der Waals surface area contributed by atoms with Crippen LogP contribution >= 0.6 is 22.9 Å². The first kappa shape index (κ1) is 22.8. The normalized spacial score (nSPS) is 18.1. The van der Waals surface area contributed by atoms with Gasteiger partial charge in [0.05, 0.1) is 41.6 Å². The lowest BCUT2D eigenvalue weighted by molar-refractivity contribution is -0.132. The molecule has 6 rings (SSSR count). The van der Waals surface area contributed by atoms with Crippen molar-refractivity contribution in [2.45, 2.75) is 19.5 Å². The van der Waals surface area contributed by atoms with Crippen molar-refractivity contribution in [2.24, 2.45) is 0 Å². The fourth-order valence-corrected chi connectivity index (χ4v) is 5.52. The van der Waals surface area contributed by atoms with E-state index in [-0.39, 0.29) is 41.4 Å². The second kappa shape index (κ2) is 9.12. The molecule has 1 atom stereocenters. The fourth-order valence-electron chi connectivity index (χ4n) is 4.31. The van der Waals surface area contributed by atoms with Crippen molar-refractivity contribution in [1.82, 2.24) is 35.5 Å². The molecule has 184 valence electrons. The molecule has 3 N–H and O–H groups in total. The number of halogens is 1. The van der Waals surface area contributed by atoms with Crippen LogP contribution in [0.15, 0.2) is 24.5 Å². The summed E-state index contributed by atoms with van der Waals surface area (Å²) in [6.07, 6.45) is 3.07. The third-order valence-corrected chi connectivity index (χ3v) is 7.39. The molecule has 4 aromatic rings. The summed E-state index contributed by atoms with van der Waals surface area (Å²) in [5, 5.41) is 10.3. The molecule has 0 unspecified atom stereocenters. The van der Waals surface area contributed by atoms with Gasteiger partial charge in [0.15, 0.2) is 0 Å². The van der Waals surface area contributed by atoms with Crippen LogP contribution in [0.3, 0.4) is 0 Å². The van der Waals surface area contributed by atoms with Gasteiger partial charge < -0.3 is 25.6 Å². The zero-order chi connectivity index (χ0) is 24.8. The Kier molecular flexibility index (Phi) is 5.78. The molecule has 3 aromatic heterocycles. The maximum Gasteiger partial charge on any atom is 0.263 e. The van der Waals surface area contributed by atoms with Crippen molar-refractivity contribution in [3.63, 3.8) is 0 Å². The Morgan fingerprint density at radius 2 is 2.11 bits per heavy atom. The number of thiophene rings is 1. The number of aromatic nitrogens is 4. The summed E-state index contributed by atoms with van der Waals surface area (Å²) < 4.78 is 6.94. The van der Waals surface area contributed by atoms with E-state index >= 15 is 0 Å². The number of nitrogens with one attached hydrogen (secondary N) is 3. The second-order valence-electron chi connectivity index (χ2n) is 8.64. The molecule has 1 fully saturated rings. The molecule has 1 saturated heterocycles. The third-order valence-electron chi connectivity index (χ3n) is 6.06. The Morgan fingerprint density at radius 1 is 1.22 bits per heavy atom. The van der Waals surface area contributed by atoms with Crippen LogP contribution in [-0.2, 0) is 11.3 Å². The predicted octanol–water partition coefficient (Wildman–Crippen LogP) is 2.56. The average molecular weight is 525 g/mol. The molecule has 36 heavy (non-hydrogen) atoms. The van der Waals surface area contributed by atoms with Gasteiger partial charge in [-0.2, -0.15) is 4.98 Å². The highest BCUT2D eigenvalue weighted by Crippen LogP contribution is 2.40. The van der Waals surface area contributed by atoms with E-state index in [0.29, 0.717) is 47.7 Å². The minimum atomic E-state index is -0.0964. The van der Waals surface area contributed by atoms with E-state index in [0.717, 1.165) is 15.8 Å². The van der Waals surface area contributed by atoms with Crippen LogP contribution in [0.2, 0.25) is 5.28 Å². The second-order valence-corrected chi connectivity index (χ2v) is 10.0. The largest absolute Gasteiger partial charge is 0.418 e. The number of carbonyl (C=O) groups is 2. The zero-order valence-electron chi connectivity index (χ0n) is 19.2. The summed E-state index contributed by atoms with van der Waals surface area (Å²) in [7, 11) is 0. The van der Waals surface area contributed by atoms with Crippen molar-refractivity contribution in [3.05, 3.63) is 40.3 Å². The molecule has 0 spiro atoms. The summed E-state index contributed by atoms with van der Waals surface area (Å²) in [5.74, 6) is 0.335. The molecule has 0 aliphatic carbocycles. The van der Waals surface area contributed by atoms with Gasteiger partial charge in [-0.3, -0.25) is 9.59 Å². The van der Waals surface area contributed by atoms with Gasteiger partial charge >= 0.3 is 0 Å². The molecule has 1 aromatic carbocycles. The number of nitrogens with zero attached hydrogens (tertiary/aromatic N) is 5. The van der Waals surface area contributed by atoms with E-state index in [4.69, 9.17) is 16.3 Å². The van der Waals surface area contributed by atoms with Crippen LogP contribution in [0, 0.1) is 0 Å². The molecule has 0 saturated carbocycles. The van der Waals surface area contributed by atoms with E-state index in [1.54, 1.807) is 11.1 Å². The predicted molar refractivity (Wildman–Crippen MR) is 136 cm³/mol. The quantitative estimate of drug-likeness (QED) is 0.344. The van der Waals surface area contributed by atoms with Crippen molar-refractivity contribution in [3.8, 4) is 11.8 Å². The van der Waals surface area contributed by atoms with E-state index in [9.17, 15) is 9.59 Å². The Balaban J connectivity index is 1.35. The van der Waals surface area contributed by atoms with Gasteiger partial charge in [0, 0.05) is 42.0 Å². The highest BCUT2D eigenvalue weighted by atomic mass is 35.5. The molecular weight excluding hydrogens is 504 g/mol. The zero-order valence-corrected chi connectivity index (χ0v) is 20.7. The average Bonchev–Trinajstić information content (AvgIpc) is 3.18. The maximum absolute atomic E-state index is 12.7. The number of benzene rings is 1. The minimum Gasteiger partial charge on any atom is -0.418 e. The number of fused-ring (bicyclic) bond motifs is 5. The lowest BCUT2D eigenvalue weighted by Gasteiger charge is -2.27. The van der Waals surface area contributed by atoms with Crippen LogP contribution in [0.4, 0.5) is 5.69 Å². The number of amides is 2. The molecule has 5 heterocycles. The molecule has 0 bridgehead atoms. The number of piperazine rings is 1. The lowest BCUT2D eigenvalue weighted by atomic mass is 10.1. The smallest absolute Gasteiger partial charge is 0.263 e. The molecule has 2 aliphatic rings. The Morgan fingerprint density at radius 3 is 2.97 bits per heavy atom. The van der Waals surface area contributed by atoms with Gasteiger partial charge in [-0.15, -0.1) is 11.3 Å². The van der Waals surface area contributed by atoms with Gasteiger partial charge in [-0.25, -0.2) is 15.0 Å². The molecular formula is C23H21ClN8O3S. The van der Waals surface area contributed by atoms with Crippen molar-refractivity contribution in [2.75, 3.05) is 31.5 Å². The maximum atomic E-state index is 12.7. The van der Waals surface area contributed by atoms with Gasteiger partial charge in [-0.1, -0.05) is 0 Å². The molecule has 11 nitrogen and oxygen atoms in total. The van der Waals surface area contributed by atoms with Crippen molar-refractivity contribution < 1.29 is 14.3 Å². The van der Waals surface area contributed by atoms with Gasteiger partial charge in [0.1, 0.15) is 4.88 Å². The number of rotatable bonds is 4. The number of carbonyl (C=O) groups excluding carboxylic acids is 2. The summed E-state index contributed by atoms with van der Waals surface area (Å²) in [5.41, 5.74) is 2.66. The Bertz CT molecular complexity index is 1530. The first-order valence-corrected chi connectivity index (χ1v) is 12.6. The monoisotopic (exact) mass is 524 g/mol. The van der Waals surface area contributed by atoms with E-state index in [1.165, 1.54) is 17.5 Å². The van der Waals surface area contributed by atoms with Crippen LogP contribution in [0.5, 0.6) is 11.8 Å². The summed E-state index contributed by atoms with van der Waals surface area (Å²) >= 11 is 7.46. The summed E-state index contributed by atoms with van der Waals surface area (Å²) in [6, 6.07) is 3.79. The van der Waals surface area contributed by atoms with E-state index < -0.39 is 0 Å². The van der Waals surface area contributed by atoms with Crippen LogP contribution < -0.4 is 20.7 Å². The Hall–Kier alpha value is -3.61. The highest BCUT2D eigenvalue weighted by molar-refractivity contribution is 7.21. The first-order valence-electron chi connectivity index (χ1n) is 11.4. The van der Waals surface area contributed by atoms with Crippen LogP contribution in [0.1, 0.15) is 22.2 Å². The van der Waals surface area contributed by atoms with Crippen molar-refractivity contribution in [1.29, 1.82) is 0 Å². The fraction of sp³-hybridized carbons (Fsp3) is 0.304. The molecule has 0 radical (unpaired) electrons. The molecule has 13 heteroatoms. The minimum absolute atomic E-state index is 0.0109. The standard InChI is InChI=1S/C23H21ClN8O3S/c1-11-6-26-19-17-14(36-20(19)21(34)29-11)3-2-13-18(17)27-8-15(30-13)35-22-12(7-28-23(24)31-22)10-32-5-4-25-9-16(32)33/h2-3,7-8,11,25-26H,4-6,9-10H2,1H3,(H,29,34)/t11-/m1/s1. The van der Waals surface area contributed by atoms with E-state index in [1.807, 2.05) is 19.1 Å². The van der Waals surface area contributed by atoms with Crippen LogP contribution in [0.25, 0.3) is 21.1 Å². The summed E-state index contributed by atoms with van der Waals surface area (Å²) in [6.45, 7) is 4.43. The van der Waals surface area contributed by atoms with Gasteiger partial charge in [0.2, 0.25) is 23.0 Å². The first-order chi connectivity index (χ1) is 17.5. The molecule has 2 aliphatic heterocycles. The number of hydrogen-bond donors (Lipinski definition) is 3.